The molecule has 0 saturated heterocycles. The summed E-state index contributed by atoms with van der Waals surface area (Å²) in [6.07, 6.45) is 75.8. The number of ether oxygens (including phenoxy) is 1. The lowest BCUT2D eigenvalue weighted by Crippen LogP contribution is -2.35. The maximum atomic E-state index is 12.1. The summed E-state index contributed by atoms with van der Waals surface area (Å²) in [5.74, 6) is 1.50. The largest absolute Gasteiger partial charge is 0.506 e. The minimum Gasteiger partial charge on any atom is -0.506 e. The number of thiophene rings is 4. The molecule has 0 amide bonds. The first kappa shape index (κ1) is 75.8. The van der Waals surface area contributed by atoms with E-state index in [4.69, 9.17) is 4.74 Å². The minimum atomic E-state index is -0.790. The van der Waals surface area contributed by atoms with Gasteiger partial charge in [-0.25, -0.2) is 0 Å². The highest BCUT2D eigenvalue weighted by Crippen LogP contribution is 2.54. The quantitative estimate of drug-likeness (QED) is 0.0433. The Bertz CT molecular complexity index is 2010. The second kappa shape index (κ2) is 51.0. The first-order valence-electron chi connectivity index (χ1n) is 37.3. The summed E-state index contributed by atoms with van der Waals surface area (Å²) in [5.41, 5.74) is 1.66. The third-order valence-corrected chi connectivity index (χ3v) is 23.0. The summed E-state index contributed by atoms with van der Waals surface area (Å²) in [4.78, 5) is 4.85. The molecule has 5 rings (SSSR count). The van der Waals surface area contributed by atoms with Gasteiger partial charge in [0, 0.05) is 11.1 Å². The fraction of sp³-hybridized carbons (Fsp3) is 0.795. The average molecular weight is 1250 g/mol. The van der Waals surface area contributed by atoms with Crippen LogP contribution in [0.5, 0.6) is 11.5 Å². The Balaban J connectivity index is 0.000000364. The van der Waals surface area contributed by atoms with E-state index < -0.39 is 5.60 Å². The number of aliphatic hydroxyl groups is 1. The summed E-state index contributed by atoms with van der Waals surface area (Å²) in [6.45, 7) is 9.19. The van der Waals surface area contributed by atoms with Gasteiger partial charge in [-0.15, -0.1) is 45.3 Å². The SMILES string of the molecule is CCCCCCCCCCCCCCCC(O)(CCCCCCCCCCCCCCC)c1ccsc1-c1sccc1O.CCCCCCCCCCCCCCCC1(CCCCCCCCCCCCCCC)Oc2ccsc2-c2sccc21. The molecule has 0 spiro atoms. The summed E-state index contributed by atoms with van der Waals surface area (Å²) < 4.78 is 6.98. The van der Waals surface area contributed by atoms with E-state index in [9.17, 15) is 10.2 Å². The van der Waals surface area contributed by atoms with Crippen LogP contribution in [0.2, 0.25) is 0 Å². The van der Waals surface area contributed by atoms with E-state index in [0.29, 0.717) is 5.75 Å². The minimum absolute atomic E-state index is 0.0983. The van der Waals surface area contributed by atoms with Gasteiger partial charge < -0.3 is 14.9 Å². The van der Waals surface area contributed by atoms with Crippen LogP contribution in [0.15, 0.2) is 45.8 Å². The van der Waals surface area contributed by atoms with Crippen LogP contribution in [0.4, 0.5) is 0 Å². The van der Waals surface area contributed by atoms with Crippen molar-refractivity contribution >= 4 is 45.3 Å². The van der Waals surface area contributed by atoms with Crippen molar-refractivity contribution in [3.8, 4) is 31.0 Å². The summed E-state index contributed by atoms with van der Waals surface area (Å²) in [7, 11) is 0. The molecule has 3 nitrogen and oxygen atoms in total. The molecule has 1 aliphatic rings. The molecule has 7 heteroatoms. The van der Waals surface area contributed by atoms with Gasteiger partial charge >= 0.3 is 0 Å². The Kier molecular flexibility index (Phi) is 45.5. The van der Waals surface area contributed by atoms with E-state index in [0.717, 1.165) is 46.8 Å². The van der Waals surface area contributed by atoms with Crippen LogP contribution >= 0.6 is 45.3 Å². The van der Waals surface area contributed by atoms with Crippen molar-refractivity contribution in [3.05, 3.63) is 56.9 Å². The second-order valence-electron chi connectivity index (χ2n) is 26.7. The molecule has 0 unspecified atom stereocenters. The number of aromatic hydroxyl groups is 1. The van der Waals surface area contributed by atoms with Crippen LogP contribution in [0.3, 0.4) is 0 Å². The summed E-state index contributed by atoms with van der Waals surface area (Å²) in [5, 5.41) is 31.2. The van der Waals surface area contributed by atoms with Gasteiger partial charge in [-0.1, -0.05) is 349 Å². The topological polar surface area (TPSA) is 49.7 Å². The fourth-order valence-corrected chi connectivity index (χ4v) is 17.5. The molecule has 0 aromatic carbocycles. The van der Waals surface area contributed by atoms with Crippen molar-refractivity contribution in [1.29, 1.82) is 0 Å². The Labute approximate surface area is 542 Å². The molecule has 4 aromatic heterocycles. The predicted molar refractivity (Wildman–Crippen MR) is 384 cm³/mol. The van der Waals surface area contributed by atoms with Crippen LogP contribution in [-0.4, -0.2) is 10.2 Å². The summed E-state index contributed by atoms with van der Waals surface area (Å²) in [6, 6.07) is 8.53. The zero-order chi connectivity index (χ0) is 60.4. The molecule has 1 aliphatic heterocycles. The van der Waals surface area contributed by atoms with Crippen molar-refractivity contribution in [2.75, 3.05) is 0 Å². The molecule has 0 radical (unpaired) electrons. The Morgan fingerprint density at radius 1 is 0.318 bits per heavy atom. The number of hydrogen-bond donors (Lipinski definition) is 2. The highest BCUT2D eigenvalue weighted by Gasteiger charge is 2.41. The molecule has 0 atom stereocenters. The van der Waals surface area contributed by atoms with Gasteiger partial charge in [0.05, 0.1) is 25.1 Å². The van der Waals surface area contributed by atoms with Crippen LogP contribution < -0.4 is 4.74 Å². The number of unbranched alkanes of at least 4 members (excludes halogenated alkanes) is 48. The molecule has 85 heavy (non-hydrogen) atoms. The fourth-order valence-electron chi connectivity index (χ4n) is 13.6. The highest BCUT2D eigenvalue weighted by atomic mass is 32.1. The summed E-state index contributed by atoms with van der Waals surface area (Å²) >= 11 is 7.03. The van der Waals surface area contributed by atoms with Gasteiger partial charge in [-0.2, -0.15) is 0 Å². The maximum Gasteiger partial charge on any atom is 0.140 e. The molecule has 0 aliphatic carbocycles. The number of hydrogen-bond acceptors (Lipinski definition) is 7. The molecule has 5 heterocycles. The number of rotatable bonds is 58. The first-order valence-corrected chi connectivity index (χ1v) is 40.9. The van der Waals surface area contributed by atoms with Crippen molar-refractivity contribution in [1.82, 2.24) is 0 Å². The lowest BCUT2D eigenvalue weighted by Gasteiger charge is -2.38. The van der Waals surface area contributed by atoms with E-state index in [2.05, 4.69) is 62.0 Å². The second-order valence-corrected chi connectivity index (χ2v) is 30.3. The third kappa shape index (κ3) is 32.8. The highest BCUT2D eigenvalue weighted by molar-refractivity contribution is 7.21. The molecule has 488 valence electrons. The van der Waals surface area contributed by atoms with Gasteiger partial charge in [-0.3, -0.25) is 0 Å². The molecule has 0 fully saturated rings. The zero-order valence-electron chi connectivity index (χ0n) is 56.2. The first-order chi connectivity index (χ1) is 41.9. The van der Waals surface area contributed by atoms with Crippen LogP contribution in [0.25, 0.3) is 19.5 Å². The van der Waals surface area contributed by atoms with Crippen molar-refractivity contribution < 1.29 is 14.9 Å². The average Bonchev–Trinajstić information content (AvgIpc) is 2.14. The lowest BCUT2D eigenvalue weighted by atomic mass is 9.81. The zero-order valence-corrected chi connectivity index (χ0v) is 59.4. The predicted octanol–water partition coefficient (Wildman–Crippen LogP) is 29.4. The van der Waals surface area contributed by atoms with Crippen molar-refractivity contribution in [2.24, 2.45) is 0 Å². The standard InChI is InChI=1S/C39H68O2S2.C39H66OS2/c1-3-5-7-9-11-13-15-17-19-21-23-25-27-31-39(41,35-29-33-42-37(35)38-36(40)30-34-43-38)32-28-26-24-22-20-18-16-14-12-10-8-6-4-2;1-3-5-7-9-11-13-15-17-19-21-23-25-27-31-39(35-29-33-41-37(35)38-36(40-39)30-34-42-38)32-28-26-24-22-20-18-16-14-12-10-8-6-4-2/h29-30,33-34,40-41H,3-28,31-32H2,1-2H3;29-30,33-34H,3-28,31-32H2,1-2H3. The normalized spacial score (nSPS) is 12.8. The number of fused-ring (bicyclic) bond motifs is 3. The van der Waals surface area contributed by atoms with Crippen LogP contribution in [0, 0.1) is 0 Å². The lowest BCUT2D eigenvalue weighted by molar-refractivity contribution is 0.0141. The Morgan fingerprint density at radius 2 is 0.600 bits per heavy atom. The third-order valence-electron chi connectivity index (χ3n) is 19.1. The Hall–Kier alpha value is -1.64. The van der Waals surface area contributed by atoms with Gasteiger partial charge in [0.2, 0.25) is 0 Å². The van der Waals surface area contributed by atoms with E-state index >= 15 is 0 Å². The van der Waals surface area contributed by atoms with Gasteiger partial charge in [0.15, 0.2) is 0 Å². The van der Waals surface area contributed by atoms with E-state index in [-0.39, 0.29) is 5.60 Å². The van der Waals surface area contributed by atoms with Gasteiger partial charge in [0.25, 0.3) is 0 Å². The van der Waals surface area contributed by atoms with E-state index in [1.807, 2.05) is 28.1 Å². The smallest absolute Gasteiger partial charge is 0.140 e. The molecule has 0 saturated carbocycles. The molecule has 0 bridgehead atoms. The van der Waals surface area contributed by atoms with E-state index in [1.54, 1.807) is 28.7 Å². The Morgan fingerprint density at radius 3 is 0.953 bits per heavy atom. The van der Waals surface area contributed by atoms with Crippen molar-refractivity contribution in [2.45, 2.75) is 398 Å². The monoisotopic (exact) mass is 1250 g/mol. The van der Waals surface area contributed by atoms with Crippen molar-refractivity contribution in [3.63, 3.8) is 0 Å². The molecule has 2 N–H and O–H groups in total. The van der Waals surface area contributed by atoms with Crippen LogP contribution in [0.1, 0.15) is 398 Å². The van der Waals surface area contributed by atoms with E-state index in [1.165, 1.54) is 349 Å². The molecule has 4 aromatic rings. The van der Waals surface area contributed by atoms with Gasteiger partial charge in [-0.05, 0) is 84.3 Å². The molecular weight excluding hydrogens is 1110 g/mol. The van der Waals surface area contributed by atoms with Gasteiger partial charge in [0.1, 0.15) is 17.1 Å². The molecular formula is C78H134O3S4. The van der Waals surface area contributed by atoms with Crippen LogP contribution in [-0.2, 0) is 11.2 Å². The maximum absolute atomic E-state index is 12.1.